The van der Waals surface area contributed by atoms with E-state index < -0.39 is 6.35 Å². The molecule has 0 saturated heterocycles. The highest BCUT2D eigenvalue weighted by atomic mass is 16.3. The largest absolute Gasteiger partial charge is 0.383 e. The van der Waals surface area contributed by atoms with Crippen LogP contribution in [0.25, 0.3) is 10.9 Å². The van der Waals surface area contributed by atoms with Crippen LogP contribution >= 0.6 is 0 Å². The number of rotatable bonds is 0. The number of nitrogens with one attached hydrogen (secondary N) is 1. The van der Waals surface area contributed by atoms with Gasteiger partial charge in [-0.25, -0.2) is 4.99 Å². The van der Waals surface area contributed by atoms with E-state index >= 15 is 0 Å². The molecule has 0 spiro atoms. The van der Waals surface area contributed by atoms with Gasteiger partial charge in [-0.15, -0.1) is 0 Å². The van der Waals surface area contributed by atoms with Crippen LogP contribution in [-0.2, 0) is 7.05 Å². The van der Waals surface area contributed by atoms with Gasteiger partial charge in [-0.1, -0.05) is 0 Å². The highest BCUT2D eigenvalue weighted by Gasteiger charge is 2.19. The van der Waals surface area contributed by atoms with E-state index in [9.17, 15) is 5.11 Å². The molecule has 5 heteroatoms. The number of aliphatic imine (C=N–C) groups is 1. The molecule has 5 nitrogen and oxygen atoms in total. The molecule has 1 aromatic heterocycles. The lowest BCUT2D eigenvalue weighted by atomic mass is 10.1. The van der Waals surface area contributed by atoms with Crippen LogP contribution in [0.5, 0.6) is 0 Å². The van der Waals surface area contributed by atoms with Gasteiger partial charge in [0.25, 0.3) is 0 Å². The summed E-state index contributed by atoms with van der Waals surface area (Å²) in [5.74, 6) is 0.368. The first-order valence-corrected chi connectivity index (χ1v) is 5.03. The number of nitrogens with two attached hydrogens (primary N) is 1. The summed E-state index contributed by atoms with van der Waals surface area (Å²) in [6.07, 6.45) is 1.01. The summed E-state index contributed by atoms with van der Waals surface area (Å²) in [6, 6.07) is 5.90. The van der Waals surface area contributed by atoms with Crippen molar-refractivity contribution in [1.82, 2.24) is 4.57 Å². The van der Waals surface area contributed by atoms with E-state index in [0.717, 1.165) is 22.2 Å². The first-order valence-electron chi connectivity index (χ1n) is 5.03. The number of hydrogen-bond acceptors (Lipinski definition) is 4. The molecule has 82 valence electrons. The molecule has 0 saturated carbocycles. The summed E-state index contributed by atoms with van der Waals surface area (Å²) in [5.41, 5.74) is 8.55. The van der Waals surface area contributed by atoms with Crippen LogP contribution < -0.4 is 11.1 Å². The van der Waals surface area contributed by atoms with Crippen LogP contribution in [-0.4, -0.2) is 21.9 Å². The second-order valence-corrected chi connectivity index (χ2v) is 3.88. The lowest BCUT2D eigenvalue weighted by molar-refractivity contribution is 0.213. The fraction of sp³-hybridized carbons (Fsp3) is 0.182. The van der Waals surface area contributed by atoms with Gasteiger partial charge < -0.3 is 20.7 Å². The molecule has 2 aromatic rings. The summed E-state index contributed by atoms with van der Waals surface area (Å²) in [4.78, 5) is 3.87. The van der Waals surface area contributed by atoms with Gasteiger partial charge in [-0.3, -0.25) is 0 Å². The van der Waals surface area contributed by atoms with Gasteiger partial charge in [0.15, 0.2) is 0 Å². The maximum absolute atomic E-state index is 9.51. The molecule has 0 radical (unpaired) electrons. The van der Waals surface area contributed by atoms with E-state index in [4.69, 9.17) is 5.73 Å². The quantitative estimate of drug-likeness (QED) is 0.603. The van der Waals surface area contributed by atoms with Crippen LogP contribution in [0.3, 0.4) is 0 Å². The number of aliphatic hydroxyl groups is 1. The van der Waals surface area contributed by atoms with Crippen LogP contribution in [0.4, 0.5) is 5.69 Å². The van der Waals surface area contributed by atoms with Crippen molar-refractivity contribution in [3.05, 3.63) is 30.0 Å². The summed E-state index contributed by atoms with van der Waals surface area (Å²) < 4.78 is 2.02. The molecule has 1 unspecified atom stereocenters. The summed E-state index contributed by atoms with van der Waals surface area (Å²) in [6.45, 7) is 0. The van der Waals surface area contributed by atoms with Crippen molar-refractivity contribution in [1.29, 1.82) is 0 Å². The van der Waals surface area contributed by atoms with Gasteiger partial charge in [0, 0.05) is 29.7 Å². The maximum Gasteiger partial charge on any atom is 0.225 e. The van der Waals surface area contributed by atoms with Crippen molar-refractivity contribution >= 4 is 22.4 Å². The molecule has 16 heavy (non-hydrogen) atoms. The zero-order valence-electron chi connectivity index (χ0n) is 8.81. The Hall–Kier alpha value is -2.01. The number of aryl methyl sites for hydroxylation is 1. The minimum absolute atomic E-state index is 0.368. The number of amidine groups is 1. The van der Waals surface area contributed by atoms with Crippen molar-refractivity contribution in [3.8, 4) is 0 Å². The Labute approximate surface area is 92.2 Å². The Morgan fingerprint density at radius 1 is 1.44 bits per heavy atom. The van der Waals surface area contributed by atoms with Crippen molar-refractivity contribution in [2.45, 2.75) is 6.35 Å². The van der Waals surface area contributed by atoms with Crippen molar-refractivity contribution < 1.29 is 5.11 Å². The van der Waals surface area contributed by atoms with Crippen molar-refractivity contribution in [3.63, 3.8) is 0 Å². The van der Waals surface area contributed by atoms with Crippen LogP contribution in [0.2, 0.25) is 0 Å². The standard InChI is InChI=1S/C11H12N4O/c1-15-5-4-6-8(15)3-2-7-9(6)13-11(16)14-10(7)12/h2-5,11,13,16H,1H3,(H2,12,14). The average Bonchev–Trinajstić information content (AvgIpc) is 2.60. The van der Waals surface area contributed by atoms with Crippen LogP contribution in [0.1, 0.15) is 5.56 Å². The number of aromatic nitrogens is 1. The van der Waals surface area contributed by atoms with E-state index in [-0.39, 0.29) is 0 Å². The molecule has 4 N–H and O–H groups in total. The highest BCUT2D eigenvalue weighted by molar-refractivity contribution is 6.10. The third-order valence-electron chi connectivity index (χ3n) is 2.88. The predicted molar refractivity (Wildman–Crippen MR) is 63.3 cm³/mol. The average molecular weight is 216 g/mol. The zero-order chi connectivity index (χ0) is 11.3. The third kappa shape index (κ3) is 1.12. The molecular formula is C11H12N4O. The number of aliphatic hydroxyl groups excluding tert-OH is 1. The second kappa shape index (κ2) is 2.99. The maximum atomic E-state index is 9.51. The highest BCUT2D eigenvalue weighted by Crippen LogP contribution is 2.30. The minimum Gasteiger partial charge on any atom is -0.383 e. The van der Waals surface area contributed by atoms with Gasteiger partial charge in [0.05, 0.1) is 5.69 Å². The topological polar surface area (TPSA) is 75.6 Å². The molecule has 1 aliphatic rings. The number of nitrogens with zero attached hydrogens (tertiary/aromatic N) is 2. The number of anilines is 1. The van der Waals surface area contributed by atoms with Gasteiger partial charge in [0.1, 0.15) is 5.84 Å². The van der Waals surface area contributed by atoms with Crippen molar-refractivity contribution in [2.75, 3.05) is 5.32 Å². The monoisotopic (exact) mass is 216 g/mol. The minimum atomic E-state index is -0.960. The molecule has 2 heterocycles. The van der Waals surface area contributed by atoms with E-state index in [0.29, 0.717) is 5.84 Å². The zero-order valence-corrected chi connectivity index (χ0v) is 8.81. The summed E-state index contributed by atoms with van der Waals surface area (Å²) in [5, 5.41) is 13.5. The molecule has 3 rings (SSSR count). The Kier molecular flexibility index (Phi) is 1.73. The lowest BCUT2D eigenvalue weighted by Crippen LogP contribution is -2.29. The fourth-order valence-corrected chi connectivity index (χ4v) is 2.08. The first-order chi connectivity index (χ1) is 7.66. The van der Waals surface area contributed by atoms with E-state index in [2.05, 4.69) is 10.3 Å². The Bertz CT molecular complexity index is 599. The Balaban J connectivity index is 2.35. The smallest absolute Gasteiger partial charge is 0.225 e. The van der Waals surface area contributed by atoms with E-state index in [1.165, 1.54) is 0 Å². The molecule has 1 aliphatic heterocycles. The van der Waals surface area contributed by atoms with Gasteiger partial charge in [-0.05, 0) is 18.2 Å². The Morgan fingerprint density at radius 2 is 2.25 bits per heavy atom. The first kappa shape index (κ1) is 9.23. The normalized spacial score (nSPS) is 19.1. The van der Waals surface area contributed by atoms with Crippen molar-refractivity contribution in [2.24, 2.45) is 17.8 Å². The van der Waals surface area contributed by atoms with Crippen LogP contribution in [0, 0.1) is 0 Å². The summed E-state index contributed by atoms with van der Waals surface area (Å²) in [7, 11) is 1.98. The van der Waals surface area contributed by atoms with Gasteiger partial charge in [-0.2, -0.15) is 0 Å². The predicted octanol–water partition coefficient (Wildman–Crippen LogP) is 0.585. The molecule has 0 fully saturated rings. The molecule has 0 aliphatic carbocycles. The summed E-state index contributed by atoms with van der Waals surface area (Å²) >= 11 is 0. The molecule has 1 aromatic carbocycles. The number of benzene rings is 1. The van der Waals surface area contributed by atoms with Gasteiger partial charge >= 0.3 is 0 Å². The Morgan fingerprint density at radius 3 is 3.06 bits per heavy atom. The number of fused-ring (bicyclic) bond motifs is 3. The van der Waals surface area contributed by atoms with Crippen LogP contribution in [0.15, 0.2) is 29.4 Å². The SMILES string of the molecule is Cn1ccc2c3c(ccc21)C(N)=NC(O)N3. The molecule has 0 amide bonds. The number of hydrogen-bond donors (Lipinski definition) is 3. The van der Waals surface area contributed by atoms with Gasteiger partial charge in [0.2, 0.25) is 6.35 Å². The fourth-order valence-electron chi connectivity index (χ4n) is 2.08. The molecule has 1 atom stereocenters. The molecule has 0 bridgehead atoms. The molecular weight excluding hydrogens is 204 g/mol. The lowest BCUT2D eigenvalue weighted by Gasteiger charge is -2.21. The second-order valence-electron chi connectivity index (χ2n) is 3.88. The van der Waals surface area contributed by atoms with E-state index in [1.54, 1.807) is 0 Å². The third-order valence-corrected chi connectivity index (χ3v) is 2.88. The van der Waals surface area contributed by atoms with E-state index in [1.807, 2.05) is 36.0 Å².